The first-order chi connectivity index (χ1) is 7.26. The highest BCUT2D eigenvalue weighted by atomic mass is 31.2. The van der Waals surface area contributed by atoms with Gasteiger partial charge in [0.2, 0.25) is 0 Å². The maximum atomic E-state index is 11.1. The van der Waals surface area contributed by atoms with Gasteiger partial charge in [-0.15, -0.1) is 0 Å². The smallest absolute Gasteiger partial charge is 0.275 e. The zero-order valence-corrected chi connectivity index (χ0v) is 9.20. The summed E-state index contributed by atoms with van der Waals surface area (Å²) < 4.78 is 16.0. The minimum absolute atomic E-state index is 0.581. The summed E-state index contributed by atoms with van der Waals surface area (Å²) in [6, 6.07) is 0. The lowest BCUT2D eigenvalue weighted by molar-refractivity contribution is -0.231. The van der Waals surface area contributed by atoms with Crippen molar-refractivity contribution in [1.82, 2.24) is 5.09 Å². The van der Waals surface area contributed by atoms with E-state index in [1.54, 1.807) is 0 Å². The molecule has 5 atom stereocenters. The van der Waals surface area contributed by atoms with Crippen LogP contribution in [0, 0.1) is 0 Å². The van der Waals surface area contributed by atoms with E-state index in [1.807, 2.05) is 0 Å². The molecule has 1 aliphatic heterocycles. The molecule has 1 rings (SSSR count). The van der Waals surface area contributed by atoms with Crippen molar-refractivity contribution in [3.8, 4) is 0 Å². The first-order valence-electron chi connectivity index (χ1n) is 4.52. The maximum Gasteiger partial charge on any atom is 0.275 e. The molecule has 0 aromatic rings. The summed E-state index contributed by atoms with van der Waals surface area (Å²) >= 11 is 0. The molecule has 0 aromatic carbocycles. The monoisotopic (exact) mass is 257 g/mol. The molecule has 1 unspecified atom stereocenters. The van der Waals surface area contributed by atoms with Crippen molar-refractivity contribution in [3.63, 3.8) is 0 Å². The SMILES string of the molecule is NP(N)(=O)NC1O[C@H](CO)[C@@H](O)[C@H](O)[C@@H]1O. The molecule has 96 valence electrons. The van der Waals surface area contributed by atoms with Gasteiger partial charge in [-0.2, -0.15) is 0 Å². The molecule has 0 aliphatic carbocycles. The van der Waals surface area contributed by atoms with Gasteiger partial charge in [-0.1, -0.05) is 0 Å². The van der Waals surface area contributed by atoms with Crippen LogP contribution in [0.3, 0.4) is 0 Å². The Labute approximate surface area is 91.5 Å². The van der Waals surface area contributed by atoms with Crippen LogP contribution in [0.2, 0.25) is 0 Å². The van der Waals surface area contributed by atoms with E-state index in [1.165, 1.54) is 0 Å². The Morgan fingerprint density at radius 3 is 2.19 bits per heavy atom. The van der Waals surface area contributed by atoms with E-state index in [2.05, 4.69) is 5.09 Å². The van der Waals surface area contributed by atoms with Gasteiger partial charge in [-0.05, 0) is 0 Å². The van der Waals surface area contributed by atoms with E-state index in [9.17, 15) is 19.9 Å². The predicted octanol–water partition coefficient (Wildman–Crippen LogP) is -3.60. The first kappa shape index (κ1) is 14.0. The van der Waals surface area contributed by atoms with E-state index in [0.29, 0.717) is 0 Å². The quantitative estimate of drug-likeness (QED) is 0.252. The molecule has 16 heavy (non-hydrogen) atoms. The average molecular weight is 257 g/mol. The second kappa shape index (κ2) is 5.05. The molecule has 9 nitrogen and oxygen atoms in total. The lowest BCUT2D eigenvalue weighted by Crippen LogP contribution is -2.62. The minimum atomic E-state index is -3.66. The molecule has 10 heteroatoms. The summed E-state index contributed by atoms with van der Waals surface area (Å²) in [5, 5.41) is 39.2. The molecule has 0 radical (unpaired) electrons. The molecule has 1 heterocycles. The van der Waals surface area contributed by atoms with Crippen LogP contribution in [0.4, 0.5) is 0 Å². The van der Waals surface area contributed by atoms with E-state index in [4.69, 9.17) is 20.9 Å². The van der Waals surface area contributed by atoms with Gasteiger partial charge in [-0.3, -0.25) is 15.6 Å². The van der Waals surface area contributed by atoms with Crippen molar-refractivity contribution in [2.75, 3.05) is 6.61 Å². The molecule has 0 bridgehead atoms. The third kappa shape index (κ3) is 3.20. The number of aliphatic hydroxyl groups excluding tert-OH is 4. The standard InChI is InChI=1S/C6H16N3O6P/c7-16(8,14)9-6-5(13)4(12)3(11)2(1-10)15-6/h2-6,10-13H,1H2,(H5,7,8,9,14)/t2-,3-,4+,5+,6?/m1/s1. The number of nitrogens with one attached hydrogen (secondary N) is 1. The normalized spacial score (nSPS) is 41.0. The molecule has 1 aliphatic rings. The van der Waals surface area contributed by atoms with Crippen molar-refractivity contribution in [1.29, 1.82) is 0 Å². The predicted molar refractivity (Wildman–Crippen MR) is 52.9 cm³/mol. The maximum absolute atomic E-state index is 11.1. The van der Waals surface area contributed by atoms with Gasteiger partial charge in [0.05, 0.1) is 6.61 Å². The van der Waals surface area contributed by atoms with Gasteiger partial charge < -0.3 is 25.2 Å². The van der Waals surface area contributed by atoms with Gasteiger partial charge in [-0.25, -0.2) is 5.09 Å². The fourth-order valence-corrected chi connectivity index (χ4v) is 2.02. The number of nitrogens with two attached hydrogens (primary N) is 2. The van der Waals surface area contributed by atoms with Crippen LogP contribution >= 0.6 is 7.59 Å². The Balaban J connectivity index is 2.75. The first-order valence-corrected chi connectivity index (χ1v) is 6.36. The molecule has 0 saturated carbocycles. The fraction of sp³-hybridized carbons (Fsp3) is 1.00. The zero-order valence-electron chi connectivity index (χ0n) is 8.30. The van der Waals surface area contributed by atoms with Crippen LogP contribution in [0.1, 0.15) is 0 Å². The van der Waals surface area contributed by atoms with Gasteiger partial charge in [0.1, 0.15) is 30.6 Å². The van der Waals surface area contributed by atoms with Crippen LogP contribution in [-0.4, -0.2) is 57.7 Å². The minimum Gasteiger partial charge on any atom is -0.394 e. The Kier molecular flexibility index (Phi) is 4.41. The molecule has 1 saturated heterocycles. The van der Waals surface area contributed by atoms with Gasteiger partial charge in [0.25, 0.3) is 7.59 Å². The second-order valence-electron chi connectivity index (χ2n) is 3.59. The lowest BCUT2D eigenvalue weighted by atomic mass is 9.99. The van der Waals surface area contributed by atoms with Crippen LogP contribution in [0.5, 0.6) is 0 Å². The van der Waals surface area contributed by atoms with Crippen molar-refractivity contribution in [2.24, 2.45) is 11.0 Å². The molecule has 0 amide bonds. The van der Waals surface area contributed by atoms with Gasteiger partial charge >= 0.3 is 0 Å². The Bertz CT molecular complexity index is 283. The highest BCUT2D eigenvalue weighted by molar-refractivity contribution is 7.56. The lowest BCUT2D eigenvalue weighted by Gasteiger charge is -2.40. The molecule has 0 aromatic heterocycles. The fourth-order valence-electron chi connectivity index (χ4n) is 1.41. The Hall–Kier alpha value is -0.0900. The van der Waals surface area contributed by atoms with Crippen molar-refractivity contribution in [2.45, 2.75) is 30.6 Å². The van der Waals surface area contributed by atoms with Crippen molar-refractivity contribution >= 4 is 7.59 Å². The highest BCUT2D eigenvalue weighted by Crippen LogP contribution is 2.26. The van der Waals surface area contributed by atoms with Crippen molar-refractivity contribution < 1.29 is 29.7 Å². The van der Waals surface area contributed by atoms with Gasteiger partial charge in [0, 0.05) is 0 Å². The summed E-state index contributed by atoms with van der Waals surface area (Å²) in [5.74, 6) is 0. The summed E-state index contributed by atoms with van der Waals surface area (Å²) in [6.45, 7) is -0.581. The molecule has 0 spiro atoms. The summed E-state index contributed by atoms with van der Waals surface area (Å²) in [5.41, 5.74) is 10.0. The average Bonchev–Trinajstić information content (AvgIpc) is 2.17. The molecular weight excluding hydrogens is 241 g/mol. The Morgan fingerprint density at radius 2 is 1.75 bits per heavy atom. The van der Waals surface area contributed by atoms with Crippen molar-refractivity contribution in [3.05, 3.63) is 0 Å². The second-order valence-corrected chi connectivity index (χ2v) is 5.26. The number of ether oxygens (including phenoxy) is 1. The molecule has 1 fully saturated rings. The third-order valence-electron chi connectivity index (χ3n) is 2.22. The zero-order chi connectivity index (χ0) is 12.5. The van der Waals surface area contributed by atoms with Crippen LogP contribution in [0.25, 0.3) is 0 Å². The number of rotatable bonds is 3. The van der Waals surface area contributed by atoms with E-state index >= 15 is 0 Å². The number of hydrogen-bond donors (Lipinski definition) is 7. The third-order valence-corrected chi connectivity index (χ3v) is 2.88. The summed E-state index contributed by atoms with van der Waals surface area (Å²) in [4.78, 5) is 0. The number of aliphatic hydroxyl groups is 4. The van der Waals surface area contributed by atoms with E-state index in [0.717, 1.165) is 0 Å². The highest BCUT2D eigenvalue weighted by Gasteiger charge is 2.44. The topological polar surface area (TPSA) is 171 Å². The summed E-state index contributed by atoms with van der Waals surface area (Å²) in [7, 11) is -3.66. The Morgan fingerprint density at radius 1 is 1.19 bits per heavy atom. The van der Waals surface area contributed by atoms with Crippen LogP contribution in [0.15, 0.2) is 0 Å². The van der Waals surface area contributed by atoms with E-state index < -0.39 is 44.8 Å². The van der Waals surface area contributed by atoms with E-state index in [-0.39, 0.29) is 0 Å². The van der Waals surface area contributed by atoms with Gasteiger partial charge in [0.15, 0.2) is 0 Å². The number of hydrogen-bond acceptors (Lipinski definition) is 6. The summed E-state index contributed by atoms with van der Waals surface area (Å²) in [6.07, 6.45) is -7.01. The van der Waals surface area contributed by atoms with Crippen LogP contribution < -0.4 is 16.1 Å². The largest absolute Gasteiger partial charge is 0.394 e. The molecule has 9 N–H and O–H groups in total. The van der Waals surface area contributed by atoms with Crippen LogP contribution in [-0.2, 0) is 9.30 Å². The molecular formula is C6H16N3O6P.